The van der Waals surface area contributed by atoms with Gasteiger partial charge in [-0.2, -0.15) is 0 Å². The van der Waals surface area contributed by atoms with E-state index in [4.69, 9.17) is 0 Å². The summed E-state index contributed by atoms with van der Waals surface area (Å²) in [5.41, 5.74) is 2.53. The van der Waals surface area contributed by atoms with Gasteiger partial charge in [0.15, 0.2) is 0 Å². The van der Waals surface area contributed by atoms with E-state index in [1.165, 1.54) is 5.57 Å². The third-order valence-electron chi connectivity index (χ3n) is 3.61. The highest BCUT2D eigenvalue weighted by molar-refractivity contribution is 7.78. The molecule has 0 aromatic rings. The lowest BCUT2D eigenvalue weighted by Crippen LogP contribution is -2.26. The molecule has 0 heterocycles. The van der Waals surface area contributed by atoms with Crippen molar-refractivity contribution in [2.24, 2.45) is 11.3 Å². The summed E-state index contributed by atoms with van der Waals surface area (Å²) in [6, 6.07) is 0. The molecule has 15 heavy (non-hydrogen) atoms. The molecule has 0 saturated heterocycles. The summed E-state index contributed by atoms with van der Waals surface area (Å²) in [6.45, 7) is 17.1. The van der Waals surface area contributed by atoms with E-state index in [-0.39, 0.29) is 5.41 Å². The van der Waals surface area contributed by atoms with E-state index < -0.39 is 0 Å². The predicted molar refractivity (Wildman–Crippen MR) is 72.9 cm³/mol. The number of hydrogen-bond donors (Lipinski definition) is 2. The Bertz CT molecular complexity index is 233. The Hall–Kier alpha value is -0.370. The van der Waals surface area contributed by atoms with Crippen LogP contribution >= 0.6 is 12.8 Å². The largest absolute Gasteiger partial charge is 0.337 e. The molecule has 0 aliphatic heterocycles. The zero-order valence-corrected chi connectivity index (χ0v) is 11.5. The number of rotatable bonds is 7. The molecule has 0 aromatic heterocycles. The fourth-order valence-electron chi connectivity index (χ4n) is 1.74. The summed E-state index contributed by atoms with van der Waals surface area (Å²) < 4.78 is 2.80. The molecule has 0 aromatic carbocycles. The Kier molecular flexibility index (Phi) is 6.11. The van der Waals surface area contributed by atoms with E-state index in [0.717, 1.165) is 25.0 Å². The fourth-order valence-corrected chi connectivity index (χ4v) is 1.86. The van der Waals surface area contributed by atoms with Crippen LogP contribution in [0.25, 0.3) is 0 Å². The maximum Gasteiger partial charge on any atom is 0.0137 e. The fraction of sp³-hybridized carbons (Fsp3) is 0.692. The normalized spacial score (nSPS) is 14.8. The Morgan fingerprint density at radius 2 is 1.93 bits per heavy atom. The molecular weight excluding hydrogens is 202 g/mol. The van der Waals surface area contributed by atoms with Crippen LogP contribution in [0.5, 0.6) is 0 Å². The van der Waals surface area contributed by atoms with Crippen molar-refractivity contribution in [2.45, 2.75) is 47.0 Å². The van der Waals surface area contributed by atoms with E-state index in [0.29, 0.717) is 5.92 Å². The molecule has 1 atom stereocenters. The van der Waals surface area contributed by atoms with Crippen LogP contribution in [-0.4, -0.2) is 0 Å². The molecule has 0 fully saturated rings. The van der Waals surface area contributed by atoms with Crippen LogP contribution in [0, 0.1) is 11.3 Å². The minimum Gasteiger partial charge on any atom is -0.337 e. The van der Waals surface area contributed by atoms with Gasteiger partial charge in [0.2, 0.25) is 0 Å². The highest BCUT2D eigenvalue weighted by atomic mass is 32.1. The first-order valence-electron chi connectivity index (χ1n) is 5.64. The Labute approximate surface area is 101 Å². The molecule has 0 radical (unpaired) electrons. The molecule has 88 valence electrons. The van der Waals surface area contributed by atoms with Gasteiger partial charge in [0, 0.05) is 5.70 Å². The topological polar surface area (TPSA) is 12.0 Å². The molecule has 0 rings (SSSR count). The van der Waals surface area contributed by atoms with Crippen LogP contribution in [0.3, 0.4) is 0 Å². The quantitative estimate of drug-likeness (QED) is 0.487. The smallest absolute Gasteiger partial charge is 0.0137 e. The zero-order chi connectivity index (χ0) is 12.1. The highest BCUT2D eigenvalue weighted by Crippen LogP contribution is 2.40. The van der Waals surface area contributed by atoms with Crippen molar-refractivity contribution in [3.63, 3.8) is 0 Å². The lowest BCUT2D eigenvalue weighted by molar-refractivity contribution is 0.249. The second kappa shape index (κ2) is 6.26. The summed E-state index contributed by atoms with van der Waals surface area (Å²) in [6.07, 6.45) is 3.09. The Balaban J connectivity index is 4.53. The maximum atomic E-state index is 4.20. The van der Waals surface area contributed by atoms with Gasteiger partial charge < -0.3 is 4.72 Å². The molecule has 0 aliphatic carbocycles. The third kappa shape index (κ3) is 3.94. The molecule has 2 heteroatoms. The monoisotopic (exact) mass is 227 g/mol. The van der Waals surface area contributed by atoms with Crippen LogP contribution < -0.4 is 4.72 Å². The first-order chi connectivity index (χ1) is 6.88. The minimum absolute atomic E-state index is 0.211. The molecule has 0 aliphatic rings. The van der Waals surface area contributed by atoms with Crippen molar-refractivity contribution in [1.82, 2.24) is 4.72 Å². The Morgan fingerprint density at radius 1 is 1.40 bits per heavy atom. The third-order valence-corrected chi connectivity index (χ3v) is 3.93. The molecule has 0 spiro atoms. The van der Waals surface area contributed by atoms with Gasteiger partial charge in [-0.1, -0.05) is 59.2 Å². The predicted octanol–water partition coefficient (Wildman–Crippen LogP) is 4.34. The van der Waals surface area contributed by atoms with Gasteiger partial charge in [-0.25, -0.2) is 0 Å². The van der Waals surface area contributed by atoms with Crippen molar-refractivity contribution in [1.29, 1.82) is 0 Å². The lowest BCUT2D eigenvalue weighted by Gasteiger charge is -2.36. The molecule has 1 unspecified atom stereocenters. The van der Waals surface area contributed by atoms with E-state index in [1.807, 2.05) is 0 Å². The summed E-state index contributed by atoms with van der Waals surface area (Å²) in [5, 5.41) is 0. The molecule has 0 bridgehead atoms. The first-order valence-corrected chi connectivity index (χ1v) is 6.09. The SMILES string of the molecule is C=C(CCC(C)(C(=C)CC)C(C)C)NS. The number of nitrogens with one attached hydrogen (secondary N) is 1. The van der Waals surface area contributed by atoms with Gasteiger partial charge in [-0.15, -0.1) is 0 Å². The van der Waals surface area contributed by atoms with Gasteiger partial charge >= 0.3 is 0 Å². The van der Waals surface area contributed by atoms with Crippen LogP contribution in [0.15, 0.2) is 24.4 Å². The summed E-state index contributed by atoms with van der Waals surface area (Å²) in [5.74, 6) is 0.609. The standard InChI is InChI=1S/C13H25NS/c1-7-11(4)13(6,10(2)3)9-8-12(5)14-15/h10,14-15H,4-5,7-9H2,1-3,6H3. The van der Waals surface area contributed by atoms with Crippen molar-refractivity contribution in [3.05, 3.63) is 24.4 Å². The van der Waals surface area contributed by atoms with E-state index in [9.17, 15) is 0 Å². The van der Waals surface area contributed by atoms with Gasteiger partial charge in [0.25, 0.3) is 0 Å². The summed E-state index contributed by atoms with van der Waals surface area (Å²) in [7, 11) is 0. The molecule has 1 nitrogen and oxygen atoms in total. The molecular formula is C13H25NS. The number of hydrogen-bond acceptors (Lipinski definition) is 2. The average Bonchev–Trinajstić information content (AvgIpc) is 2.23. The van der Waals surface area contributed by atoms with Gasteiger partial charge in [0.05, 0.1) is 0 Å². The summed E-state index contributed by atoms with van der Waals surface area (Å²) >= 11 is 4.00. The average molecular weight is 227 g/mol. The van der Waals surface area contributed by atoms with Crippen molar-refractivity contribution in [2.75, 3.05) is 0 Å². The zero-order valence-electron chi connectivity index (χ0n) is 10.6. The molecule has 0 amide bonds. The molecule has 1 N–H and O–H groups in total. The maximum absolute atomic E-state index is 4.20. The second-order valence-corrected chi connectivity index (χ2v) is 4.97. The molecule has 0 saturated carbocycles. The lowest BCUT2D eigenvalue weighted by atomic mass is 9.69. The number of allylic oxidation sites excluding steroid dienone is 2. The summed E-state index contributed by atoms with van der Waals surface area (Å²) in [4.78, 5) is 0. The van der Waals surface area contributed by atoms with Crippen molar-refractivity contribution >= 4 is 12.8 Å². The van der Waals surface area contributed by atoms with E-state index in [2.05, 4.69) is 58.4 Å². The number of thiol groups is 1. The van der Waals surface area contributed by atoms with Gasteiger partial charge in [-0.3, -0.25) is 0 Å². The van der Waals surface area contributed by atoms with Crippen molar-refractivity contribution in [3.8, 4) is 0 Å². The van der Waals surface area contributed by atoms with E-state index in [1.54, 1.807) is 0 Å². The van der Waals surface area contributed by atoms with Crippen LogP contribution in [-0.2, 0) is 0 Å². The highest BCUT2D eigenvalue weighted by Gasteiger charge is 2.29. The first kappa shape index (κ1) is 14.6. The second-order valence-electron chi connectivity index (χ2n) is 4.74. The van der Waals surface area contributed by atoms with Crippen molar-refractivity contribution < 1.29 is 0 Å². The minimum atomic E-state index is 0.211. The van der Waals surface area contributed by atoms with Crippen LogP contribution in [0.1, 0.15) is 47.0 Å². The van der Waals surface area contributed by atoms with E-state index >= 15 is 0 Å². The van der Waals surface area contributed by atoms with Gasteiger partial charge in [-0.05, 0) is 30.6 Å². The van der Waals surface area contributed by atoms with Crippen LogP contribution in [0.4, 0.5) is 0 Å². The van der Waals surface area contributed by atoms with Crippen LogP contribution in [0.2, 0.25) is 0 Å². The van der Waals surface area contributed by atoms with Gasteiger partial charge in [0.1, 0.15) is 0 Å². The Morgan fingerprint density at radius 3 is 2.27 bits per heavy atom.